The van der Waals surface area contributed by atoms with Gasteiger partial charge in [0.2, 0.25) is 0 Å². The summed E-state index contributed by atoms with van der Waals surface area (Å²) < 4.78 is 5.96. The topological polar surface area (TPSA) is 59.0 Å². The number of hydrogen-bond donors (Lipinski definition) is 1. The molecule has 0 heterocycles. The molecule has 1 saturated carbocycles. The average molecular weight is 216 g/mol. The largest absolute Gasteiger partial charge is 0.486 e. The van der Waals surface area contributed by atoms with Gasteiger partial charge in [-0.2, -0.15) is 5.26 Å². The van der Waals surface area contributed by atoms with Crippen molar-refractivity contribution in [2.45, 2.75) is 38.2 Å². The summed E-state index contributed by atoms with van der Waals surface area (Å²) in [4.78, 5) is 0. The summed E-state index contributed by atoms with van der Waals surface area (Å²) in [5.74, 6) is 0.618. The minimum atomic E-state index is -0.126. The van der Waals surface area contributed by atoms with Crippen LogP contribution in [0.4, 0.5) is 5.69 Å². The van der Waals surface area contributed by atoms with Gasteiger partial charge in [0.25, 0.3) is 0 Å². The molecule has 2 N–H and O–H groups in total. The van der Waals surface area contributed by atoms with Gasteiger partial charge in [-0.3, -0.25) is 0 Å². The molecule has 84 valence electrons. The molecular formula is C13H16N2O. The molecular weight excluding hydrogens is 200 g/mol. The van der Waals surface area contributed by atoms with Crippen molar-refractivity contribution in [3.63, 3.8) is 0 Å². The molecule has 1 aromatic carbocycles. The monoisotopic (exact) mass is 216 g/mol. The Bertz CT molecular complexity index is 428. The highest BCUT2D eigenvalue weighted by Crippen LogP contribution is 2.36. The molecule has 0 saturated heterocycles. The van der Waals surface area contributed by atoms with Crippen LogP contribution in [0, 0.1) is 11.3 Å². The summed E-state index contributed by atoms with van der Waals surface area (Å²) in [7, 11) is 0. The summed E-state index contributed by atoms with van der Waals surface area (Å²) >= 11 is 0. The zero-order chi connectivity index (χ0) is 11.6. The molecule has 0 aromatic heterocycles. The molecule has 0 radical (unpaired) electrons. The van der Waals surface area contributed by atoms with E-state index < -0.39 is 0 Å². The third-order valence-corrected chi connectivity index (χ3v) is 3.19. The van der Waals surface area contributed by atoms with Gasteiger partial charge in [0.1, 0.15) is 23.0 Å². The summed E-state index contributed by atoms with van der Waals surface area (Å²) in [6, 6.07) is 7.47. The molecule has 3 heteroatoms. The standard InChI is InChI=1S/C13H16N2O/c1-13(7-2-3-8-13)16-12-6-4-5-11(15)10(12)9-14/h4-6H,2-3,7-8,15H2,1H3. The van der Waals surface area contributed by atoms with Crippen molar-refractivity contribution in [3.8, 4) is 11.8 Å². The van der Waals surface area contributed by atoms with Crippen LogP contribution in [0.25, 0.3) is 0 Å². The van der Waals surface area contributed by atoms with Gasteiger partial charge >= 0.3 is 0 Å². The molecule has 1 aliphatic carbocycles. The number of rotatable bonds is 2. The van der Waals surface area contributed by atoms with Gasteiger partial charge in [-0.1, -0.05) is 6.07 Å². The number of nitrogens with two attached hydrogens (primary N) is 1. The summed E-state index contributed by atoms with van der Waals surface area (Å²) in [5.41, 5.74) is 6.56. The number of nitrogens with zero attached hydrogens (tertiary/aromatic N) is 1. The number of anilines is 1. The van der Waals surface area contributed by atoms with Crippen LogP contribution in [-0.4, -0.2) is 5.60 Å². The second-order valence-electron chi connectivity index (χ2n) is 4.59. The van der Waals surface area contributed by atoms with Crippen molar-refractivity contribution >= 4 is 5.69 Å². The maximum Gasteiger partial charge on any atom is 0.140 e. The molecule has 16 heavy (non-hydrogen) atoms. The summed E-state index contributed by atoms with van der Waals surface area (Å²) in [5, 5.41) is 9.05. The Morgan fingerprint density at radius 3 is 2.69 bits per heavy atom. The molecule has 1 aromatic rings. The second kappa shape index (κ2) is 4.05. The Morgan fingerprint density at radius 1 is 1.38 bits per heavy atom. The summed E-state index contributed by atoms with van der Waals surface area (Å²) in [6.07, 6.45) is 4.49. The van der Waals surface area contributed by atoms with Gasteiger partial charge in [-0.25, -0.2) is 0 Å². The van der Waals surface area contributed by atoms with Gasteiger partial charge in [0.05, 0.1) is 5.69 Å². The smallest absolute Gasteiger partial charge is 0.140 e. The second-order valence-corrected chi connectivity index (χ2v) is 4.59. The molecule has 1 aliphatic rings. The first-order valence-corrected chi connectivity index (χ1v) is 5.62. The van der Waals surface area contributed by atoms with Gasteiger partial charge < -0.3 is 10.5 Å². The molecule has 0 bridgehead atoms. The third kappa shape index (κ3) is 1.96. The van der Waals surface area contributed by atoms with Crippen LogP contribution in [0.1, 0.15) is 38.2 Å². The van der Waals surface area contributed by atoms with Crippen LogP contribution in [0.15, 0.2) is 18.2 Å². The molecule has 0 unspecified atom stereocenters. The summed E-state index contributed by atoms with van der Waals surface area (Å²) in [6.45, 7) is 2.10. The number of ether oxygens (including phenoxy) is 1. The van der Waals surface area contributed by atoms with E-state index in [9.17, 15) is 0 Å². The Kier molecular flexibility index (Phi) is 2.74. The maximum atomic E-state index is 9.05. The predicted molar refractivity (Wildman–Crippen MR) is 63.1 cm³/mol. The van der Waals surface area contributed by atoms with E-state index in [2.05, 4.69) is 13.0 Å². The van der Waals surface area contributed by atoms with Crippen molar-refractivity contribution in [3.05, 3.63) is 23.8 Å². The van der Waals surface area contributed by atoms with Crippen molar-refractivity contribution < 1.29 is 4.74 Å². The lowest BCUT2D eigenvalue weighted by Crippen LogP contribution is -2.28. The van der Waals surface area contributed by atoms with Gasteiger partial charge in [-0.05, 0) is 44.7 Å². The fraction of sp³-hybridized carbons (Fsp3) is 0.462. The van der Waals surface area contributed by atoms with E-state index in [4.69, 9.17) is 15.7 Å². The average Bonchev–Trinajstić information content (AvgIpc) is 2.65. The first-order valence-electron chi connectivity index (χ1n) is 5.62. The minimum Gasteiger partial charge on any atom is -0.486 e. The van der Waals surface area contributed by atoms with E-state index in [0.29, 0.717) is 17.0 Å². The zero-order valence-corrected chi connectivity index (χ0v) is 9.49. The van der Waals surface area contributed by atoms with Crippen LogP contribution in [0.2, 0.25) is 0 Å². The van der Waals surface area contributed by atoms with Crippen LogP contribution < -0.4 is 10.5 Å². The molecule has 0 amide bonds. The van der Waals surface area contributed by atoms with E-state index >= 15 is 0 Å². The number of nitrogen functional groups attached to an aromatic ring is 1. The zero-order valence-electron chi connectivity index (χ0n) is 9.49. The van der Waals surface area contributed by atoms with Crippen LogP contribution in [-0.2, 0) is 0 Å². The highest BCUT2D eigenvalue weighted by molar-refractivity contribution is 5.60. The van der Waals surface area contributed by atoms with E-state index in [-0.39, 0.29) is 5.60 Å². The van der Waals surface area contributed by atoms with E-state index in [0.717, 1.165) is 12.8 Å². The highest BCUT2D eigenvalue weighted by Gasteiger charge is 2.31. The molecule has 1 fully saturated rings. The first kappa shape index (κ1) is 10.8. The molecule has 0 atom stereocenters. The predicted octanol–water partition coefficient (Wildman–Crippen LogP) is 2.85. The van der Waals surface area contributed by atoms with E-state index in [1.54, 1.807) is 6.07 Å². The molecule has 3 nitrogen and oxygen atoms in total. The third-order valence-electron chi connectivity index (χ3n) is 3.19. The minimum absolute atomic E-state index is 0.126. The quantitative estimate of drug-likeness (QED) is 0.773. The van der Waals surface area contributed by atoms with Gasteiger partial charge in [-0.15, -0.1) is 0 Å². The van der Waals surface area contributed by atoms with Crippen LogP contribution in [0.3, 0.4) is 0 Å². The molecule has 0 aliphatic heterocycles. The number of benzene rings is 1. The van der Waals surface area contributed by atoms with Crippen molar-refractivity contribution in [2.75, 3.05) is 5.73 Å². The van der Waals surface area contributed by atoms with Crippen LogP contribution >= 0.6 is 0 Å². The van der Waals surface area contributed by atoms with Crippen molar-refractivity contribution in [1.29, 1.82) is 5.26 Å². The molecule has 0 spiro atoms. The Balaban J connectivity index is 2.28. The Morgan fingerprint density at radius 2 is 2.06 bits per heavy atom. The van der Waals surface area contributed by atoms with Crippen LogP contribution in [0.5, 0.6) is 5.75 Å². The lowest BCUT2D eigenvalue weighted by atomic mass is 10.0. The highest BCUT2D eigenvalue weighted by atomic mass is 16.5. The van der Waals surface area contributed by atoms with E-state index in [1.165, 1.54) is 12.8 Å². The lowest BCUT2D eigenvalue weighted by molar-refractivity contribution is 0.0965. The Hall–Kier alpha value is -1.69. The lowest BCUT2D eigenvalue weighted by Gasteiger charge is -2.26. The first-order chi connectivity index (χ1) is 7.64. The fourth-order valence-electron chi connectivity index (χ4n) is 2.24. The van der Waals surface area contributed by atoms with Crippen molar-refractivity contribution in [1.82, 2.24) is 0 Å². The molecule has 2 rings (SSSR count). The van der Waals surface area contributed by atoms with Gasteiger partial charge in [0.15, 0.2) is 0 Å². The van der Waals surface area contributed by atoms with Gasteiger partial charge in [0, 0.05) is 0 Å². The van der Waals surface area contributed by atoms with Crippen molar-refractivity contribution in [2.24, 2.45) is 0 Å². The fourth-order valence-corrected chi connectivity index (χ4v) is 2.24. The number of hydrogen-bond acceptors (Lipinski definition) is 3. The van der Waals surface area contributed by atoms with E-state index in [1.807, 2.05) is 12.1 Å². The normalized spacial score (nSPS) is 18.0. The SMILES string of the molecule is CC1(Oc2cccc(N)c2C#N)CCCC1. The Labute approximate surface area is 95.8 Å². The maximum absolute atomic E-state index is 9.05. The number of nitriles is 1.